The normalized spacial score (nSPS) is 22.2. The number of nitrogens with zero attached hydrogens (tertiary/aromatic N) is 1. The fraction of sp³-hybridized carbons (Fsp3) is 0.833. The Morgan fingerprint density at radius 2 is 2.00 bits per heavy atom. The monoisotopic (exact) mass is 199 g/mol. The summed E-state index contributed by atoms with van der Waals surface area (Å²) in [5.74, 6) is -2.26. The zero-order valence-electron chi connectivity index (χ0n) is 6.76. The number of alkyl halides is 3. The van der Waals surface area contributed by atoms with E-state index in [9.17, 15) is 18.0 Å². The van der Waals surface area contributed by atoms with Crippen LogP contribution < -0.4 is 0 Å². The van der Waals surface area contributed by atoms with E-state index >= 15 is 0 Å². The molecule has 1 rings (SSSR count). The summed E-state index contributed by atoms with van der Waals surface area (Å²) in [7, 11) is 0. The summed E-state index contributed by atoms with van der Waals surface area (Å²) in [5.41, 5.74) is -1.06. The summed E-state index contributed by atoms with van der Waals surface area (Å²) in [4.78, 5) is 14.1. The maximum absolute atomic E-state index is 11.6. The van der Waals surface area contributed by atoms with Crippen molar-refractivity contribution in [2.24, 2.45) is 0 Å². The van der Waals surface area contributed by atoms with E-state index in [2.05, 4.69) is 4.84 Å². The van der Waals surface area contributed by atoms with Crippen molar-refractivity contribution in [1.82, 2.24) is 5.06 Å². The Labute approximate surface area is 71.8 Å². The number of carbonyl (C=O) groups is 1. The Kier molecular flexibility index (Phi) is 2.25. The van der Waals surface area contributed by atoms with E-state index in [1.165, 1.54) is 6.92 Å². The van der Waals surface area contributed by atoms with Crippen molar-refractivity contribution in [3.8, 4) is 0 Å². The van der Waals surface area contributed by atoms with Crippen molar-refractivity contribution in [2.75, 3.05) is 13.1 Å². The first-order chi connectivity index (χ1) is 5.71. The second-order valence-electron chi connectivity index (χ2n) is 3.17. The van der Waals surface area contributed by atoms with Crippen LogP contribution in [0.1, 0.15) is 6.92 Å². The van der Waals surface area contributed by atoms with Crippen molar-refractivity contribution in [3.63, 3.8) is 0 Å². The van der Waals surface area contributed by atoms with Gasteiger partial charge >= 0.3 is 12.1 Å². The maximum Gasteiger partial charge on any atom is 0.492 e. The highest BCUT2D eigenvalue weighted by Crippen LogP contribution is 2.23. The average Bonchev–Trinajstić information content (AvgIpc) is 1.80. The van der Waals surface area contributed by atoms with Crippen LogP contribution in [-0.2, 0) is 9.63 Å². The van der Waals surface area contributed by atoms with Gasteiger partial charge in [-0.15, -0.1) is 5.06 Å². The van der Waals surface area contributed by atoms with Gasteiger partial charge in [0.25, 0.3) is 0 Å². The zero-order chi connectivity index (χ0) is 10.3. The van der Waals surface area contributed by atoms with E-state index in [-0.39, 0.29) is 13.1 Å². The van der Waals surface area contributed by atoms with Gasteiger partial charge in [-0.3, -0.25) is 0 Å². The van der Waals surface area contributed by atoms with Gasteiger partial charge < -0.3 is 9.94 Å². The standard InChI is InChI=1S/C6H8F3NO3/c1-5(12)2-10(3-5)13-4(11)6(7,8)9/h12H,2-3H2,1H3. The Morgan fingerprint density at radius 1 is 1.54 bits per heavy atom. The Balaban J connectivity index is 2.33. The summed E-state index contributed by atoms with van der Waals surface area (Å²) in [6, 6.07) is 0. The van der Waals surface area contributed by atoms with Gasteiger partial charge in [0, 0.05) is 0 Å². The van der Waals surface area contributed by atoms with Crippen molar-refractivity contribution in [2.45, 2.75) is 18.7 Å². The average molecular weight is 199 g/mol. The highest BCUT2D eigenvalue weighted by Gasteiger charge is 2.46. The molecule has 0 aromatic rings. The molecule has 0 aromatic heterocycles. The lowest BCUT2D eigenvalue weighted by Crippen LogP contribution is -2.60. The molecule has 0 spiro atoms. The first-order valence-electron chi connectivity index (χ1n) is 3.47. The first kappa shape index (κ1) is 10.3. The Morgan fingerprint density at radius 3 is 2.31 bits per heavy atom. The van der Waals surface area contributed by atoms with Crippen LogP contribution in [0.3, 0.4) is 0 Å². The van der Waals surface area contributed by atoms with Crippen LogP contribution in [0.4, 0.5) is 13.2 Å². The van der Waals surface area contributed by atoms with Crippen LogP contribution in [0.5, 0.6) is 0 Å². The van der Waals surface area contributed by atoms with Crippen molar-refractivity contribution in [3.05, 3.63) is 0 Å². The second-order valence-corrected chi connectivity index (χ2v) is 3.17. The molecule has 0 bridgehead atoms. The fourth-order valence-corrected chi connectivity index (χ4v) is 0.947. The molecule has 0 aromatic carbocycles. The number of carbonyl (C=O) groups excluding carboxylic acids is 1. The van der Waals surface area contributed by atoms with Crippen LogP contribution in [0, 0.1) is 0 Å². The number of halogens is 3. The van der Waals surface area contributed by atoms with Crippen LogP contribution in [0.15, 0.2) is 0 Å². The summed E-state index contributed by atoms with van der Waals surface area (Å²) < 4.78 is 34.8. The predicted molar refractivity (Wildman–Crippen MR) is 34.3 cm³/mol. The number of β-amino-alcohol motifs (C(OH)–C–C–N with tert-alkyl or cyclic N) is 1. The molecule has 4 nitrogen and oxygen atoms in total. The molecule has 0 atom stereocenters. The van der Waals surface area contributed by atoms with Crippen molar-refractivity contribution in [1.29, 1.82) is 0 Å². The molecule has 0 unspecified atom stereocenters. The minimum atomic E-state index is -4.98. The van der Waals surface area contributed by atoms with E-state index in [1.54, 1.807) is 0 Å². The number of hydroxylamine groups is 2. The molecule has 1 aliphatic heterocycles. The van der Waals surface area contributed by atoms with Gasteiger partial charge in [-0.05, 0) is 6.92 Å². The lowest BCUT2D eigenvalue weighted by Gasteiger charge is -2.41. The van der Waals surface area contributed by atoms with Gasteiger partial charge in [0.1, 0.15) is 0 Å². The van der Waals surface area contributed by atoms with E-state index in [4.69, 9.17) is 5.11 Å². The molecule has 1 heterocycles. The summed E-state index contributed by atoms with van der Waals surface area (Å²) in [5, 5.41) is 9.84. The molecule has 1 aliphatic rings. The molecule has 0 saturated carbocycles. The number of hydrogen-bond acceptors (Lipinski definition) is 4. The highest BCUT2D eigenvalue weighted by atomic mass is 19.4. The highest BCUT2D eigenvalue weighted by molar-refractivity contribution is 5.75. The maximum atomic E-state index is 11.6. The van der Waals surface area contributed by atoms with Gasteiger partial charge in [0.2, 0.25) is 0 Å². The van der Waals surface area contributed by atoms with E-state index < -0.39 is 17.7 Å². The number of hydrogen-bond donors (Lipinski definition) is 1. The van der Waals surface area contributed by atoms with Gasteiger partial charge in [-0.25, -0.2) is 4.79 Å². The number of rotatable bonds is 1. The molecule has 1 fully saturated rings. The molecule has 1 saturated heterocycles. The van der Waals surface area contributed by atoms with E-state index in [0.29, 0.717) is 0 Å². The lowest BCUT2D eigenvalue weighted by molar-refractivity contribution is -0.281. The minimum Gasteiger partial charge on any atom is -0.387 e. The molecular formula is C6H8F3NO3. The van der Waals surface area contributed by atoms with Gasteiger partial charge in [-0.1, -0.05) is 0 Å². The second kappa shape index (κ2) is 2.85. The third-order valence-electron chi connectivity index (χ3n) is 1.48. The molecule has 0 aliphatic carbocycles. The first-order valence-corrected chi connectivity index (χ1v) is 3.47. The van der Waals surface area contributed by atoms with Crippen LogP contribution >= 0.6 is 0 Å². The van der Waals surface area contributed by atoms with Crippen molar-refractivity contribution >= 4 is 5.97 Å². The molecule has 0 amide bonds. The lowest BCUT2D eigenvalue weighted by atomic mass is 10.0. The van der Waals surface area contributed by atoms with Gasteiger partial charge in [0.05, 0.1) is 18.7 Å². The molecular weight excluding hydrogens is 191 g/mol. The van der Waals surface area contributed by atoms with Crippen LogP contribution in [0.25, 0.3) is 0 Å². The Bertz CT molecular complexity index is 218. The summed E-state index contributed by atoms with van der Waals surface area (Å²) in [6.07, 6.45) is -4.98. The number of aliphatic hydroxyl groups is 1. The van der Waals surface area contributed by atoms with Crippen LogP contribution in [0.2, 0.25) is 0 Å². The van der Waals surface area contributed by atoms with Gasteiger partial charge in [0.15, 0.2) is 0 Å². The predicted octanol–water partition coefficient (Wildman–Crippen LogP) is 0.0735. The van der Waals surface area contributed by atoms with E-state index in [0.717, 1.165) is 5.06 Å². The zero-order valence-corrected chi connectivity index (χ0v) is 6.76. The fourth-order valence-electron chi connectivity index (χ4n) is 0.947. The van der Waals surface area contributed by atoms with Crippen LogP contribution in [-0.4, -0.2) is 41.0 Å². The molecule has 1 N–H and O–H groups in total. The minimum absolute atomic E-state index is 0.102. The molecule has 76 valence electrons. The van der Waals surface area contributed by atoms with E-state index in [1.807, 2.05) is 0 Å². The third kappa shape index (κ3) is 2.56. The SMILES string of the molecule is CC1(O)CN(OC(=O)C(F)(F)F)C1. The molecule has 7 heteroatoms. The Hall–Kier alpha value is -0.820. The summed E-state index contributed by atoms with van der Waals surface area (Å²) in [6.45, 7) is 1.23. The quantitative estimate of drug-likeness (QED) is 0.649. The van der Waals surface area contributed by atoms with Gasteiger partial charge in [-0.2, -0.15) is 13.2 Å². The molecule has 0 radical (unpaired) electrons. The van der Waals surface area contributed by atoms with Crippen molar-refractivity contribution < 1.29 is 27.9 Å². The third-order valence-corrected chi connectivity index (χ3v) is 1.48. The smallest absolute Gasteiger partial charge is 0.387 e. The topological polar surface area (TPSA) is 49.8 Å². The summed E-state index contributed by atoms with van der Waals surface area (Å²) >= 11 is 0. The largest absolute Gasteiger partial charge is 0.492 e. The molecule has 13 heavy (non-hydrogen) atoms.